The third-order valence-electron chi connectivity index (χ3n) is 22.4. The number of alkyl halides is 1. The second-order valence-electron chi connectivity index (χ2n) is 27.2. The molecule has 0 aliphatic heterocycles. The first kappa shape index (κ1) is 62.1. The number of allylic oxidation sites excluding steroid dienone is 1. The molecule has 8 N–H and O–H groups in total. The van der Waals surface area contributed by atoms with Gasteiger partial charge in [0.25, 0.3) is 0 Å². The van der Waals surface area contributed by atoms with E-state index in [1.807, 2.05) is 31.2 Å². The summed E-state index contributed by atoms with van der Waals surface area (Å²) in [6.07, 6.45) is 11.8. The van der Waals surface area contributed by atoms with Gasteiger partial charge in [0.05, 0.1) is 30.3 Å². The SMILES string of the molecule is C1=Cc2ccccc2C1.CCOC(=O)C1C2Cc3ccccc3C21.N/C(=N/O)[C@H]1[C@@H]2Cc3ccccc3[C@@H]21.N/C(=N/OC(=O)CCl)[C@H]1[C@@H]2Cc3ccccc3[C@@H]21.NC(=O)C1C2Cc3ccccc3C21.O=C(O)C1C2Cc3ccccc3C21.[C-]#[N+][C@H]1[C@@H]2Cc3ccccc3[C@@H]21. The Hall–Kier alpha value is -9.32. The first-order chi connectivity index (χ1) is 45.8. The van der Waals surface area contributed by atoms with E-state index in [0.717, 1.165) is 44.9 Å². The van der Waals surface area contributed by atoms with Crippen molar-refractivity contribution in [3.05, 3.63) is 265 Å². The van der Waals surface area contributed by atoms with Crippen LogP contribution in [0.4, 0.5) is 0 Å². The number of esters is 1. The maximum Gasteiger partial charge on any atom is 0.349 e. The van der Waals surface area contributed by atoms with Crippen LogP contribution in [0.3, 0.4) is 0 Å². The molecule has 0 radical (unpaired) electrons. The maximum atomic E-state index is 11.6. The molecule has 6 saturated carbocycles. The fourth-order valence-corrected chi connectivity index (χ4v) is 17.8. The molecule has 7 aromatic carbocycles. The van der Waals surface area contributed by atoms with Gasteiger partial charge in [-0.1, -0.05) is 192 Å². The van der Waals surface area contributed by atoms with Crippen LogP contribution in [-0.2, 0) is 73.7 Å². The minimum Gasteiger partial charge on any atom is -0.481 e. The molecule has 13 aliphatic rings. The molecule has 0 saturated heterocycles. The highest BCUT2D eigenvalue weighted by molar-refractivity contribution is 6.26. The predicted octanol–water partition coefficient (Wildman–Crippen LogP) is 12.3. The zero-order valence-corrected chi connectivity index (χ0v) is 53.1. The van der Waals surface area contributed by atoms with Crippen molar-refractivity contribution < 1.29 is 39.1 Å². The largest absolute Gasteiger partial charge is 0.481 e. The Kier molecular flexibility index (Phi) is 17.1. The standard InChI is InChI=1S/C13H13ClN2O2.C13H14O2.C11H12N2O.C11H11NO.C11H9N.C11H10O2.C9H8/c14-6-10(17)18-16-13(15)12-9-5-7-3-1-2-4-8(7)11(9)12;1-2-15-13(14)12-10-7-8-5-3-4-6-9(8)11(10)12;12-11(13-14)10-8-5-6-3-1-2-4-7(6)9(8)10;12-11(13)10-8-5-6-3-1-2-4-7(6)9(8)10;1-12-11-9-6-7-4-2-3-5-8(7)10(9)11;12-11(13)10-8-5-6-3-1-2-4-7(6)9(8)10;1-2-5-9-7-3-6-8(9)4-1/h1-4,9,11-12H,5-6H2,(H2,15,16);3-6,10-12H,2,7H2,1H3;1-4,8-10,14H,5H2,(H2,12,13);1-4,8-10H,5H2,(H2,12,13);2-5,9-11H,6H2;1-4,8-10H,5H2,(H,12,13);1-6H,7H2/t9-,11+,12+;;8-,9+,10+;;9-,10+,11+;;/m1.1.1../s1. The van der Waals surface area contributed by atoms with E-state index in [4.69, 9.17) is 50.4 Å². The summed E-state index contributed by atoms with van der Waals surface area (Å²) in [5, 5.41) is 24.3. The number of fused-ring (bicyclic) bond motifs is 19. The molecule has 1 amide bonds. The third-order valence-corrected chi connectivity index (χ3v) is 22.6. The summed E-state index contributed by atoms with van der Waals surface area (Å²) in [4.78, 5) is 52.5. The summed E-state index contributed by atoms with van der Waals surface area (Å²) in [6, 6.07) is 59.3. The lowest BCUT2D eigenvalue weighted by Crippen LogP contribution is -2.19. The van der Waals surface area contributed by atoms with Gasteiger partial charge >= 0.3 is 17.9 Å². The molecule has 14 nitrogen and oxygen atoms in total. The summed E-state index contributed by atoms with van der Waals surface area (Å²) in [7, 11) is 0. The minimum atomic E-state index is -0.621. The van der Waals surface area contributed by atoms with E-state index in [-0.39, 0.29) is 47.3 Å². The number of ether oxygens (including phenoxy) is 1. The summed E-state index contributed by atoms with van der Waals surface area (Å²) >= 11 is 5.31. The lowest BCUT2D eigenvalue weighted by atomic mass is 10.0. The summed E-state index contributed by atoms with van der Waals surface area (Å²) in [5.74, 6) is 5.98. The lowest BCUT2D eigenvalue weighted by Gasteiger charge is -2.06. The van der Waals surface area contributed by atoms with Crippen molar-refractivity contribution in [2.45, 2.75) is 93.4 Å². The molecule has 13 aliphatic carbocycles. The third kappa shape index (κ3) is 11.9. The zero-order valence-electron chi connectivity index (χ0n) is 52.4. The fraction of sp³-hybridized carbons (Fsp3) is 0.354. The van der Waals surface area contributed by atoms with E-state index in [1.165, 1.54) is 77.9 Å². The number of amides is 1. The maximum absolute atomic E-state index is 11.6. The molecule has 7 aromatic rings. The average Bonchev–Trinajstić information content (AvgIpc) is 1.61. The van der Waals surface area contributed by atoms with Crippen LogP contribution in [0.25, 0.3) is 10.9 Å². The highest BCUT2D eigenvalue weighted by Crippen LogP contribution is 2.65. The van der Waals surface area contributed by atoms with Crippen LogP contribution in [0.2, 0.25) is 0 Å². The summed E-state index contributed by atoms with van der Waals surface area (Å²) in [5.41, 5.74) is 36.3. The number of halogens is 1. The number of hydrogen-bond acceptors (Lipinski definition) is 9. The normalized spacial score (nSPS) is 30.5. The monoisotopic (exact) mass is 1270 g/mol. The van der Waals surface area contributed by atoms with Crippen LogP contribution in [-0.4, -0.2) is 64.3 Å². The van der Waals surface area contributed by atoms with Crippen molar-refractivity contribution in [1.82, 2.24) is 0 Å². The number of carbonyl (C=O) groups is 4. The van der Waals surface area contributed by atoms with Crippen molar-refractivity contribution in [2.24, 2.45) is 92.6 Å². The van der Waals surface area contributed by atoms with E-state index in [2.05, 4.69) is 178 Å². The van der Waals surface area contributed by atoms with Crippen molar-refractivity contribution in [1.29, 1.82) is 0 Å². The summed E-state index contributed by atoms with van der Waals surface area (Å²) < 4.78 is 5.08. The first-order valence-electron chi connectivity index (χ1n) is 33.2. The predicted molar refractivity (Wildman–Crippen MR) is 361 cm³/mol. The van der Waals surface area contributed by atoms with Gasteiger partial charge in [0.2, 0.25) is 11.9 Å². The second kappa shape index (κ2) is 25.9. The van der Waals surface area contributed by atoms with E-state index in [9.17, 15) is 19.2 Å². The molecule has 6 fully saturated rings. The van der Waals surface area contributed by atoms with Crippen LogP contribution in [0.1, 0.15) is 120 Å². The Labute approximate surface area is 553 Å². The Bertz CT molecular complexity index is 4180. The van der Waals surface area contributed by atoms with Gasteiger partial charge in [0, 0.05) is 29.6 Å². The minimum absolute atomic E-state index is 0.00185. The first-order valence-corrected chi connectivity index (χ1v) is 33.7. The molecule has 15 heteroatoms. The zero-order chi connectivity index (χ0) is 65.1. The van der Waals surface area contributed by atoms with Gasteiger partial charge in [0.1, 0.15) is 17.6 Å². The number of primary amides is 1. The molecule has 0 bridgehead atoms. The Balaban J connectivity index is 0.0000000954. The number of aliphatic carboxylic acids is 1. The van der Waals surface area contributed by atoms with Gasteiger partial charge in [-0.3, -0.25) is 14.4 Å². The Morgan fingerprint density at radius 2 is 0.862 bits per heavy atom. The number of hydrogen-bond donors (Lipinski definition) is 5. The number of oxime groups is 2. The number of benzene rings is 7. The molecule has 478 valence electrons. The molecule has 18 atom stereocenters. The van der Waals surface area contributed by atoms with E-state index in [0.29, 0.717) is 95.3 Å². The molecule has 0 heterocycles. The van der Waals surface area contributed by atoms with Crippen molar-refractivity contribution >= 4 is 53.2 Å². The van der Waals surface area contributed by atoms with Crippen molar-refractivity contribution in [3.63, 3.8) is 0 Å². The van der Waals surface area contributed by atoms with Crippen LogP contribution in [0.15, 0.2) is 186 Å². The van der Waals surface area contributed by atoms with Gasteiger partial charge in [-0.05, 0) is 177 Å². The highest BCUT2D eigenvalue weighted by Gasteiger charge is 2.64. The summed E-state index contributed by atoms with van der Waals surface area (Å²) in [6.45, 7) is 9.35. The number of nitrogens with two attached hydrogens (primary N) is 3. The Morgan fingerprint density at radius 1 is 0.500 bits per heavy atom. The Morgan fingerprint density at radius 3 is 1.28 bits per heavy atom. The smallest absolute Gasteiger partial charge is 0.349 e. The number of carboxylic acid groups (broad SMARTS) is 1. The molecular weight excluding hydrogens is 1200 g/mol. The number of amidine groups is 2. The molecule has 9 unspecified atom stereocenters. The number of nitrogens with zero attached hydrogens (tertiary/aromatic N) is 3. The van der Waals surface area contributed by atoms with E-state index in [1.54, 1.807) is 0 Å². The molecular formula is C79H77ClN6O8. The van der Waals surface area contributed by atoms with Crippen molar-refractivity contribution in [3.8, 4) is 0 Å². The molecule has 0 aromatic heterocycles. The van der Waals surface area contributed by atoms with E-state index < -0.39 is 11.9 Å². The van der Waals surface area contributed by atoms with Gasteiger partial charge in [-0.15, -0.1) is 11.6 Å². The van der Waals surface area contributed by atoms with E-state index >= 15 is 0 Å². The van der Waals surface area contributed by atoms with Crippen LogP contribution >= 0.6 is 11.6 Å². The highest BCUT2D eigenvalue weighted by atomic mass is 35.5. The topological polar surface area (TPSA) is 234 Å². The number of carbonyl (C=O) groups excluding carboxylic acids is 3. The van der Waals surface area contributed by atoms with Gasteiger partial charge in [-0.25, -0.2) is 11.4 Å². The average molecular weight is 1270 g/mol. The lowest BCUT2D eigenvalue weighted by molar-refractivity contribution is -0.145. The van der Waals surface area contributed by atoms with Gasteiger partial charge in [0.15, 0.2) is 0 Å². The van der Waals surface area contributed by atoms with Crippen molar-refractivity contribution in [2.75, 3.05) is 12.5 Å². The second-order valence-corrected chi connectivity index (χ2v) is 27.5. The number of carboxylic acids is 1. The molecule has 0 spiro atoms. The fourth-order valence-electron chi connectivity index (χ4n) is 17.8. The number of rotatable bonds is 8. The van der Waals surface area contributed by atoms with Crippen LogP contribution in [0, 0.1) is 71.7 Å². The van der Waals surface area contributed by atoms with Crippen LogP contribution < -0.4 is 17.2 Å². The van der Waals surface area contributed by atoms with Gasteiger partial charge in [-0.2, -0.15) is 0 Å². The molecule has 20 rings (SSSR count). The van der Waals surface area contributed by atoms with Crippen LogP contribution in [0.5, 0.6) is 0 Å². The molecule has 94 heavy (non-hydrogen) atoms. The quantitative estimate of drug-likeness (QED) is 0.0141. The van der Waals surface area contributed by atoms with Gasteiger partial charge < -0.3 is 41.9 Å².